The Bertz CT molecular complexity index is 1170. The monoisotopic (exact) mass is 454 g/mol. The van der Waals surface area contributed by atoms with Crippen molar-refractivity contribution in [3.05, 3.63) is 94.5 Å². The molecule has 174 valence electrons. The van der Waals surface area contributed by atoms with Crippen molar-refractivity contribution in [3.8, 4) is 0 Å². The predicted octanol–water partition coefficient (Wildman–Crippen LogP) is 4.24. The molecule has 0 saturated carbocycles. The number of rotatable bonds is 9. The first-order chi connectivity index (χ1) is 16.6. The summed E-state index contributed by atoms with van der Waals surface area (Å²) in [5.74, 6) is -0.162. The van der Waals surface area contributed by atoms with E-state index in [1.54, 1.807) is 24.3 Å². The van der Waals surface area contributed by atoms with Crippen molar-refractivity contribution in [3.63, 3.8) is 0 Å². The Balaban J connectivity index is 1.32. The zero-order valence-electron chi connectivity index (χ0n) is 19.3. The van der Waals surface area contributed by atoms with Crippen molar-refractivity contribution in [2.45, 2.75) is 26.1 Å². The summed E-state index contributed by atoms with van der Waals surface area (Å²) in [4.78, 5) is 16.2. The highest BCUT2D eigenvalue weighted by molar-refractivity contribution is 5.99. The van der Waals surface area contributed by atoms with Gasteiger partial charge in [-0.05, 0) is 72.1 Å². The Morgan fingerprint density at radius 3 is 2.44 bits per heavy atom. The summed E-state index contributed by atoms with van der Waals surface area (Å²) in [5.41, 5.74) is 7.35. The van der Waals surface area contributed by atoms with E-state index >= 15 is 0 Å². The normalized spacial score (nSPS) is 13.0. The Morgan fingerprint density at radius 2 is 1.71 bits per heavy atom. The fourth-order valence-corrected chi connectivity index (χ4v) is 4.12. The van der Waals surface area contributed by atoms with Crippen molar-refractivity contribution in [1.82, 2.24) is 10.2 Å². The van der Waals surface area contributed by atoms with E-state index in [4.69, 9.17) is 10.8 Å². The van der Waals surface area contributed by atoms with Crippen LogP contribution in [0.25, 0.3) is 0 Å². The average Bonchev–Trinajstić information content (AvgIpc) is 2.87. The maximum absolute atomic E-state index is 12.5. The molecule has 34 heavy (non-hydrogen) atoms. The third-order valence-corrected chi connectivity index (χ3v) is 6.06. The first-order valence-electron chi connectivity index (χ1n) is 11.4. The van der Waals surface area contributed by atoms with Crippen LogP contribution >= 0.6 is 0 Å². The van der Waals surface area contributed by atoms with Crippen LogP contribution in [0, 0.1) is 10.8 Å². The van der Waals surface area contributed by atoms with E-state index < -0.39 is 0 Å². The van der Waals surface area contributed by atoms with Gasteiger partial charge in [-0.3, -0.25) is 20.5 Å². The standard InChI is InChI=1S/C27H30N6O/c1-32-12-11-22-5-8-25(14-24(22)17-32)30-15-20-3-2-4-21(13-20)16-31-27(34)23-6-9-26(10-7-23)33(18-28)19-29/h2-10,13-14,18-19,28-30H,11-12,15-17H2,1H3,(H,31,34). The zero-order chi connectivity index (χ0) is 23.9. The van der Waals surface area contributed by atoms with Gasteiger partial charge in [0.25, 0.3) is 5.91 Å². The summed E-state index contributed by atoms with van der Waals surface area (Å²) in [7, 11) is 2.16. The molecule has 1 heterocycles. The van der Waals surface area contributed by atoms with Gasteiger partial charge in [-0.15, -0.1) is 0 Å². The third-order valence-electron chi connectivity index (χ3n) is 6.06. The van der Waals surface area contributed by atoms with Crippen LogP contribution in [0.15, 0.2) is 66.7 Å². The van der Waals surface area contributed by atoms with E-state index in [0.717, 1.165) is 49.0 Å². The highest BCUT2D eigenvalue weighted by Gasteiger charge is 2.13. The molecule has 0 saturated heterocycles. The van der Waals surface area contributed by atoms with Gasteiger partial charge in [-0.2, -0.15) is 0 Å². The molecule has 3 aromatic carbocycles. The zero-order valence-corrected chi connectivity index (χ0v) is 19.3. The van der Waals surface area contributed by atoms with Crippen molar-refractivity contribution in [2.75, 3.05) is 23.8 Å². The van der Waals surface area contributed by atoms with E-state index in [0.29, 0.717) is 24.3 Å². The second-order valence-corrected chi connectivity index (χ2v) is 8.54. The molecule has 0 aromatic heterocycles. The number of amides is 1. The lowest BCUT2D eigenvalue weighted by Crippen LogP contribution is -2.26. The molecular formula is C27H30N6O. The molecular weight excluding hydrogens is 424 g/mol. The lowest BCUT2D eigenvalue weighted by Gasteiger charge is -2.25. The number of nitrogens with one attached hydrogen (secondary N) is 4. The van der Waals surface area contributed by atoms with Crippen LogP contribution < -0.4 is 15.5 Å². The van der Waals surface area contributed by atoms with Crippen molar-refractivity contribution in [1.29, 1.82) is 10.8 Å². The minimum absolute atomic E-state index is 0.162. The maximum Gasteiger partial charge on any atom is 0.251 e. The molecule has 1 aliphatic heterocycles. The molecule has 0 fully saturated rings. The lowest BCUT2D eigenvalue weighted by molar-refractivity contribution is 0.0951. The molecule has 4 N–H and O–H groups in total. The Labute approximate surface area is 200 Å². The van der Waals surface area contributed by atoms with E-state index in [1.165, 1.54) is 16.0 Å². The minimum Gasteiger partial charge on any atom is -0.381 e. The molecule has 4 rings (SSSR count). The molecule has 0 unspecified atom stereocenters. The third kappa shape index (κ3) is 5.68. The van der Waals surface area contributed by atoms with Crippen molar-refractivity contribution in [2.24, 2.45) is 0 Å². The molecule has 0 spiro atoms. The average molecular weight is 455 g/mol. The number of anilines is 2. The molecule has 7 nitrogen and oxygen atoms in total. The van der Waals surface area contributed by atoms with Crippen LogP contribution in [0.4, 0.5) is 11.4 Å². The van der Waals surface area contributed by atoms with Gasteiger partial charge in [-0.25, -0.2) is 0 Å². The van der Waals surface area contributed by atoms with Gasteiger partial charge in [-0.1, -0.05) is 30.3 Å². The summed E-state index contributed by atoms with van der Waals surface area (Å²) < 4.78 is 0. The number of carbonyl (C=O) groups excluding carboxylic acids is 1. The summed E-state index contributed by atoms with van der Waals surface area (Å²) in [6, 6.07) is 21.7. The second kappa shape index (κ2) is 10.8. The number of fused-ring (bicyclic) bond motifs is 1. The number of hydrogen-bond acceptors (Lipinski definition) is 5. The Kier molecular flexibility index (Phi) is 7.34. The SMILES string of the molecule is CN1CCc2ccc(NCc3cccc(CNC(=O)c4ccc(N(C=N)C=N)cc4)c3)cc2C1. The number of carbonyl (C=O) groups is 1. The predicted molar refractivity (Wildman–Crippen MR) is 138 cm³/mol. The summed E-state index contributed by atoms with van der Waals surface area (Å²) in [6.07, 6.45) is 3.21. The maximum atomic E-state index is 12.5. The molecule has 3 aromatic rings. The Hall–Kier alpha value is -3.97. The van der Waals surface area contributed by atoms with Crippen LogP contribution in [-0.4, -0.2) is 37.1 Å². The molecule has 7 heteroatoms. The topological polar surface area (TPSA) is 95.3 Å². The van der Waals surface area contributed by atoms with E-state index in [-0.39, 0.29) is 5.91 Å². The second-order valence-electron chi connectivity index (χ2n) is 8.54. The minimum atomic E-state index is -0.162. The smallest absolute Gasteiger partial charge is 0.251 e. The van der Waals surface area contributed by atoms with Gasteiger partial charge in [0.05, 0.1) is 12.7 Å². The summed E-state index contributed by atoms with van der Waals surface area (Å²) in [6.45, 7) is 3.26. The van der Waals surface area contributed by atoms with E-state index in [2.05, 4.69) is 52.9 Å². The molecule has 1 aliphatic rings. The number of benzene rings is 3. The van der Waals surface area contributed by atoms with Crippen LogP contribution in [0.1, 0.15) is 32.6 Å². The fourth-order valence-electron chi connectivity index (χ4n) is 4.12. The van der Waals surface area contributed by atoms with Crippen LogP contribution in [0.2, 0.25) is 0 Å². The van der Waals surface area contributed by atoms with E-state index in [9.17, 15) is 4.79 Å². The lowest BCUT2D eigenvalue weighted by atomic mass is 9.99. The number of likely N-dealkylation sites (N-methyl/N-ethyl adjacent to an activating group) is 1. The highest BCUT2D eigenvalue weighted by atomic mass is 16.1. The molecule has 0 radical (unpaired) electrons. The Morgan fingerprint density at radius 1 is 0.971 bits per heavy atom. The summed E-state index contributed by atoms with van der Waals surface area (Å²) >= 11 is 0. The van der Waals surface area contributed by atoms with E-state index in [1.807, 2.05) is 12.1 Å². The first-order valence-corrected chi connectivity index (χ1v) is 11.4. The van der Waals surface area contributed by atoms with Crippen LogP contribution in [0.3, 0.4) is 0 Å². The van der Waals surface area contributed by atoms with Gasteiger partial charge >= 0.3 is 0 Å². The molecule has 0 aliphatic carbocycles. The largest absolute Gasteiger partial charge is 0.381 e. The molecule has 0 bridgehead atoms. The van der Waals surface area contributed by atoms with Crippen LogP contribution in [-0.2, 0) is 26.1 Å². The van der Waals surface area contributed by atoms with Crippen molar-refractivity contribution >= 4 is 30.0 Å². The van der Waals surface area contributed by atoms with Gasteiger partial charge in [0.15, 0.2) is 0 Å². The van der Waals surface area contributed by atoms with Gasteiger partial charge in [0, 0.05) is 43.1 Å². The van der Waals surface area contributed by atoms with Gasteiger partial charge < -0.3 is 15.5 Å². The van der Waals surface area contributed by atoms with Crippen LogP contribution in [0.5, 0.6) is 0 Å². The summed E-state index contributed by atoms with van der Waals surface area (Å²) in [5, 5.41) is 21.1. The highest BCUT2D eigenvalue weighted by Crippen LogP contribution is 2.22. The van der Waals surface area contributed by atoms with Crippen molar-refractivity contribution < 1.29 is 4.79 Å². The number of hydrogen-bond donors (Lipinski definition) is 4. The first kappa shape index (κ1) is 23.2. The quantitative estimate of drug-likeness (QED) is 0.287. The molecule has 0 atom stereocenters. The fraction of sp³-hybridized carbons (Fsp3) is 0.222. The van der Waals surface area contributed by atoms with Gasteiger partial charge in [0.1, 0.15) is 0 Å². The molecule has 1 amide bonds. The van der Waals surface area contributed by atoms with Gasteiger partial charge in [0.2, 0.25) is 0 Å². The number of nitrogens with zero attached hydrogens (tertiary/aromatic N) is 2.